The summed E-state index contributed by atoms with van der Waals surface area (Å²) >= 11 is 5.67. The number of rotatable bonds is 3. The molecule has 0 spiro atoms. The highest BCUT2D eigenvalue weighted by Crippen LogP contribution is 2.27. The molecule has 3 N–H and O–H groups in total. The van der Waals surface area contributed by atoms with E-state index in [0.29, 0.717) is 5.02 Å². The molecule has 2 nitrogen and oxygen atoms in total. The lowest BCUT2D eigenvalue weighted by Crippen LogP contribution is -2.09. The first-order valence-electron chi connectivity index (χ1n) is 4.39. The summed E-state index contributed by atoms with van der Waals surface area (Å²) in [5.74, 6) is 0.103. The van der Waals surface area contributed by atoms with Gasteiger partial charge in [-0.15, -0.1) is 0 Å². The van der Waals surface area contributed by atoms with E-state index in [0.717, 1.165) is 18.4 Å². The molecule has 0 amide bonds. The van der Waals surface area contributed by atoms with Crippen molar-refractivity contribution in [3.63, 3.8) is 0 Å². The van der Waals surface area contributed by atoms with Crippen molar-refractivity contribution in [2.75, 3.05) is 0 Å². The molecule has 1 aromatic rings. The molecule has 0 aromatic heterocycles. The van der Waals surface area contributed by atoms with Crippen molar-refractivity contribution < 1.29 is 5.11 Å². The van der Waals surface area contributed by atoms with Crippen LogP contribution >= 0.6 is 11.6 Å². The van der Waals surface area contributed by atoms with Crippen LogP contribution in [0, 0.1) is 0 Å². The number of hydrogen-bond donors (Lipinski definition) is 2. The van der Waals surface area contributed by atoms with Gasteiger partial charge in [-0.1, -0.05) is 31.0 Å². The Morgan fingerprint density at radius 3 is 2.77 bits per heavy atom. The van der Waals surface area contributed by atoms with Crippen LogP contribution in [0.15, 0.2) is 18.2 Å². The molecule has 0 radical (unpaired) electrons. The molecule has 0 saturated carbocycles. The van der Waals surface area contributed by atoms with E-state index in [4.69, 9.17) is 17.3 Å². The summed E-state index contributed by atoms with van der Waals surface area (Å²) in [6.45, 7) is 2.08. The van der Waals surface area contributed by atoms with Gasteiger partial charge < -0.3 is 10.8 Å². The average molecular weight is 200 g/mol. The lowest BCUT2D eigenvalue weighted by molar-refractivity contribution is 0.473. The Balaban J connectivity index is 2.84. The number of benzene rings is 1. The molecule has 0 heterocycles. The maximum atomic E-state index is 9.33. The van der Waals surface area contributed by atoms with Gasteiger partial charge in [0.25, 0.3) is 0 Å². The summed E-state index contributed by atoms with van der Waals surface area (Å²) in [5.41, 5.74) is 6.80. The van der Waals surface area contributed by atoms with Crippen molar-refractivity contribution in [3.8, 4) is 5.75 Å². The van der Waals surface area contributed by atoms with Crippen LogP contribution in [0.3, 0.4) is 0 Å². The molecule has 1 atom stereocenters. The van der Waals surface area contributed by atoms with Crippen molar-refractivity contribution in [1.29, 1.82) is 0 Å². The fourth-order valence-corrected chi connectivity index (χ4v) is 1.36. The van der Waals surface area contributed by atoms with Crippen LogP contribution in [0.5, 0.6) is 5.75 Å². The zero-order valence-corrected chi connectivity index (χ0v) is 8.38. The quantitative estimate of drug-likeness (QED) is 0.787. The Labute approximate surface area is 83.3 Å². The smallest absolute Gasteiger partial charge is 0.134 e. The Morgan fingerprint density at radius 2 is 2.23 bits per heavy atom. The normalized spacial score (nSPS) is 12.8. The third-order valence-electron chi connectivity index (χ3n) is 2.00. The lowest BCUT2D eigenvalue weighted by Gasteiger charge is -2.11. The molecule has 3 heteroatoms. The highest BCUT2D eigenvalue weighted by molar-refractivity contribution is 6.32. The van der Waals surface area contributed by atoms with E-state index in [2.05, 4.69) is 6.92 Å². The Hall–Kier alpha value is -0.730. The molecule has 1 aromatic carbocycles. The summed E-state index contributed by atoms with van der Waals surface area (Å²) in [6, 6.07) is 5.14. The second-order valence-electron chi connectivity index (χ2n) is 3.11. The van der Waals surface area contributed by atoms with Crippen LogP contribution in [-0.4, -0.2) is 5.11 Å². The fraction of sp³-hybridized carbons (Fsp3) is 0.400. The number of nitrogens with two attached hydrogens (primary N) is 1. The Kier molecular flexibility index (Phi) is 3.58. The topological polar surface area (TPSA) is 46.2 Å². The zero-order chi connectivity index (χ0) is 9.84. The van der Waals surface area contributed by atoms with E-state index in [-0.39, 0.29) is 11.8 Å². The van der Waals surface area contributed by atoms with Crippen LogP contribution in [0.4, 0.5) is 0 Å². The van der Waals surface area contributed by atoms with E-state index >= 15 is 0 Å². The first-order valence-corrected chi connectivity index (χ1v) is 4.77. The standard InChI is InChI=1S/C10H14ClNO/c1-2-3-9(12)7-4-5-8(11)10(13)6-7/h4-6,9,13H,2-3,12H2,1H3/t9-/m1/s1. The van der Waals surface area contributed by atoms with Gasteiger partial charge in [0.15, 0.2) is 0 Å². The molecule has 1 rings (SSSR count). The van der Waals surface area contributed by atoms with Crippen molar-refractivity contribution in [3.05, 3.63) is 28.8 Å². The molecule has 0 unspecified atom stereocenters. The third-order valence-corrected chi connectivity index (χ3v) is 2.32. The van der Waals surface area contributed by atoms with Crippen LogP contribution in [0.2, 0.25) is 5.02 Å². The first kappa shape index (κ1) is 10.4. The van der Waals surface area contributed by atoms with Gasteiger partial charge in [-0.2, -0.15) is 0 Å². The summed E-state index contributed by atoms with van der Waals surface area (Å²) in [7, 11) is 0. The monoisotopic (exact) mass is 199 g/mol. The molecule has 72 valence electrons. The van der Waals surface area contributed by atoms with Gasteiger partial charge >= 0.3 is 0 Å². The number of aromatic hydroxyl groups is 1. The van der Waals surface area contributed by atoms with Gasteiger partial charge in [-0.3, -0.25) is 0 Å². The molecule has 0 bridgehead atoms. The molecule has 13 heavy (non-hydrogen) atoms. The molecule has 0 aliphatic carbocycles. The van der Waals surface area contributed by atoms with Crippen LogP contribution in [0.25, 0.3) is 0 Å². The second kappa shape index (κ2) is 4.49. The summed E-state index contributed by atoms with van der Waals surface area (Å²) in [6.07, 6.45) is 1.95. The molecule has 0 saturated heterocycles. The first-order chi connectivity index (χ1) is 6.15. The highest BCUT2D eigenvalue weighted by Gasteiger charge is 2.06. The van der Waals surface area contributed by atoms with Gasteiger partial charge in [0.05, 0.1) is 5.02 Å². The minimum absolute atomic E-state index is 0.00633. The molecular formula is C10H14ClNO. The SMILES string of the molecule is CCC[C@@H](N)c1ccc(Cl)c(O)c1. The Morgan fingerprint density at radius 1 is 1.54 bits per heavy atom. The largest absolute Gasteiger partial charge is 0.506 e. The van der Waals surface area contributed by atoms with Crippen molar-refractivity contribution in [1.82, 2.24) is 0 Å². The van der Waals surface area contributed by atoms with E-state index in [1.807, 2.05) is 6.07 Å². The van der Waals surface area contributed by atoms with Gasteiger partial charge in [0.2, 0.25) is 0 Å². The van der Waals surface area contributed by atoms with Crippen molar-refractivity contribution >= 4 is 11.6 Å². The number of halogens is 1. The summed E-state index contributed by atoms with van der Waals surface area (Å²) in [5, 5.41) is 9.70. The van der Waals surface area contributed by atoms with Crippen LogP contribution in [-0.2, 0) is 0 Å². The summed E-state index contributed by atoms with van der Waals surface area (Å²) < 4.78 is 0. The molecule has 0 aliphatic heterocycles. The van der Waals surface area contributed by atoms with Gasteiger partial charge in [-0.25, -0.2) is 0 Å². The van der Waals surface area contributed by atoms with E-state index < -0.39 is 0 Å². The minimum atomic E-state index is -0.00633. The molecular weight excluding hydrogens is 186 g/mol. The second-order valence-corrected chi connectivity index (χ2v) is 3.51. The van der Waals surface area contributed by atoms with E-state index in [1.54, 1.807) is 12.1 Å². The van der Waals surface area contributed by atoms with E-state index in [1.165, 1.54) is 0 Å². The molecule has 0 fully saturated rings. The predicted molar refractivity (Wildman–Crippen MR) is 55.0 cm³/mol. The molecule has 0 aliphatic rings. The van der Waals surface area contributed by atoms with Crippen molar-refractivity contribution in [2.45, 2.75) is 25.8 Å². The minimum Gasteiger partial charge on any atom is -0.506 e. The zero-order valence-electron chi connectivity index (χ0n) is 7.63. The van der Waals surface area contributed by atoms with Gasteiger partial charge in [0, 0.05) is 6.04 Å². The van der Waals surface area contributed by atoms with Crippen LogP contribution in [0.1, 0.15) is 31.4 Å². The number of hydrogen-bond acceptors (Lipinski definition) is 2. The van der Waals surface area contributed by atoms with Crippen molar-refractivity contribution in [2.24, 2.45) is 5.73 Å². The maximum absolute atomic E-state index is 9.33. The number of phenols is 1. The fourth-order valence-electron chi connectivity index (χ4n) is 1.24. The van der Waals surface area contributed by atoms with Gasteiger partial charge in [-0.05, 0) is 24.1 Å². The maximum Gasteiger partial charge on any atom is 0.134 e. The summed E-state index contributed by atoms with van der Waals surface area (Å²) in [4.78, 5) is 0. The van der Waals surface area contributed by atoms with E-state index in [9.17, 15) is 5.11 Å². The lowest BCUT2D eigenvalue weighted by atomic mass is 10.0. The average Bonchev–Trinajstić information content (AvgIpc) is 2.10. The van der Waals surface area contributed by atoms with Gasteiger partial charge in [0.1, 0.15) is 5.75 Å². The highest BCUT2D eigenvalue weighted by atomic mass is 35.5. The number of phenolic OH excluding ortho intramolecular Hbond substituents is 1. The Bertz CT molecular complexity index is 288. The van der Waals surface area contributed by atoms with Crippen LogP contribution < -0.4 is 5.73 Å². The predicted octanol–water partition coefficient (Wildman–Crippen LogP) is 2.85. The third kappa shape index (κ3) is 2.61.